The Morgan fingerprint density at radius 3 is 2.41 bits per heavy atom. The Hall–Kier alpha value is -1.04. The topological polar surface area (TPSA) is 96.0 Å². The number of methoxy groups -OCH3 is 1. The summed E-state index contributed by atoms with van der Waals surface area (Å²) in [4.78, 5) is 0.207. The number of hydrogen-bond acceptors (Lipinski definition) is 6. The summed E-state index contributed by atoms with van der Waals surface area (Å²) in [7, 11) is -5.85. The highest BCUT2D eigenvalue weighted by atomic mass is 32.2. The number of aryl methyl sites for hydroxylation is 2. The zero-order chi connectivity index (χ0) is 20.1. The molecule has 1 saturated heterocycles. The summed E-state index contributed by atoms with van der Waals surface area (Å²) < 4.78 is 59.2. The number of benzene rings is 1. The molecular weight excluding hydrogens is 390 g/mol. The van der Waals surface area contributed by atoms with E-state index in [1.54, 1.807) is 19.1 Å². The maximum atomic E-state index is 13.2. The minimum absolute atomic E-state index is 0.100. The van der Waals surface area contributed by atoms with Crippen LogP contribution < -0.4 is 5.32 Å². The van der Waals surface area contributed by atoms with Gasteiger partial charge in [-0.05, 0) is 31.0 Å². The van der Waals surface area contributed by atoms with E-state index < -0.39 is 20.0 Å². The summed E-state index contributed by atoms with van der Waals surface area (Å²) in [6.45, 7) is 5.77. The minimum Gasteiger partial charge on any atom is -0.383 e. The third-order valence-corrected chi connectivity index (χ3v) is 8.47. The molecule has 1 fully saturated rings. The number of rotatable bonds is 9. The minimum atomic E-state index is -3.82. The van der Waals surface area contributed by atoms with E-state index in [9.17, 15) is 16.8 Å². The van der Waals surface area contributed by atoms with Crippen LogP contribution in [0.4, 0.5) is 0 Å². The molecule has 0 radical (unpaired) electrons. The monoisotopic (exact) mass is 419 g/mol. The van der Waals surface area contributed by atoms with Crippen molar-refractivity contribution in [3.8, 4) is 0 Å². The lowest BCUT2D eigenvalue weighted by molar-refractivity contribution is 0.180. The number of ether oxygens (including phenoxy) is 1. The number of piperazine rings is 1. The van der Waals surface area contributed by atoms with Crippen molar-refractivity contribution in [1.82, 2.24) is 13.9 Å². The molecule has 0 atom stereocenters. The molecule has 0 amide bonds. The molecule has 154 valence electrons. The molecule has 1 aromatic carbocycles. The van der Waals surface area contributed by atoms with Crippen LogP contribution in [-0.2, 0) is 24.8 Å². The summed E-state index contributed by atoms with van der Waals surface area (Å²) in [5.74, 6) is -0.249. The highest BCUT2D eigenvalue weighted by Crippen LogP contribution is 2.21. The van der Waals surface area contributed by atoms with Gasteiger partial charge in [-0.25, -0.2) is 16.8 Å². The van der Waals surface area contributed by atoms with Crippen LogP contribution in [0.3, 0.4) is 0 Å². The van der Waals surface area contributed by atoms with Crippen molar-refractivity contribution in [2.45, 2.75) is 18.7 Å². The highest BCUT2D eigenvalue weighted by molar-refractivity contribution is 7.90. The van der Waals surface area contributed by atoms with E-state index >= 15 is 0 Å². The molecule has 27 heavy (non-hydrogen) atoms. The number of hydrogen-bond donors (Lipinski definition) is 1. The Kier molecular flexibility index (Phi) is 7.78. The van der Waals surface area contributed by atoms with Crippen molar-refractivity contribution in [1.29, 1.82) is 0 Å². The first-order chi connectivity index (χ1) is 12.7. The number of nitrogens with zero attached hydrogens (tertiary/aromatic N) is 2. The molecule has 1 heterocycles. The fraction of sp³-hybridized carbons (Fsp3) is 0.647. The van der Waals surface area contributed by atoms with E-state index in [-0.39, 0.29) is 30.3 Å². The molecule has 0 spiro atoms. The van der Waals surface area contributed by atoms with Crippen LogP contribution in [0.5, 0.6) is 0 Å². The second-order valence-electron chi connectivity index (χ2n) is 6.63. The lowest BCUT2D eigenvalue weighted by Crippen LogP contribution is -2.48. The van der Waals surface area contributed by atoms with Crippen LogP contribution in [-0.4, -0.2) is 84.2 Å². The highest BCUT2D eigenvalue weighted by Gasteiger charge is 2.30. The second-order valence-corrected chi connectivity index (χ2v) is 10.6. The summed E-state index contributed by atoms with van der Waals surface area (Å²) in [5.41, 5.74) is 1.47. The van der Waals surface area contributed by atoms with Gasteiger partial charge in [0.25, 0.3) is 0 Å². The number of nitrogens with one attached hydrogen (secondary N) is 1. The van der Waals surface area contributed by atoms with Gasteiger partial charge in [0.05, 0.1) is 17.3 Å². The SMILES string of the molecule is COCCN(CCS(=O)(=O)N1CCNCC1)S(=O)(=O)c1cc(C)ccc1C. The van der Waals surface area contributed by atoms with E-state index in [1.807, 2.05) is 13.0 Å². The van der Waals surface area contributed by atoms with E-state index in [0.29, 0.717) is 31.7 Å². The van der Waals surface area contributed by atoms with Crippen molar-refractivity contribution in [3.05, 3.63) is 29.3 Å². The zero-order valence-electron chi connectivity index (χ0n) is 16.1. The smallest absolute Gasteiger partial charge is 0.243 e. The Morgan fingerprint density at radius 1 is 1.11 bits per heavy atom. The van der Waals surface area contributed by atoms with Gasteiger partial charge in [-0.2, -0.15) is 8.61 Å². The molecule has 10 heteroatoms. The van der Waals surface area contributed by atoms with E-state index in [2.05, 4.69) is 5.32 Å². The molecular formula is C17H29N3O5S2. The third-order valence-electron chi connectivity index (χ3n) is 4.57. The average Bonchev–Trinajstić information content (AvgIpc) is 2.64. The largest absolute Gasteiger partial charge is 0.383 e. The number of sulfonamides is 2. The quantitative estimate of drug-likeness (QED) is 0.613. The van der Waals surface area contributed by atoms with Gasteiger partial charge in [0.1, 0.15) is 0 Å². The van der Waals surface area contributed by atoms with Crippen LogP contribution in [0.25, 0.3) is 0 Å². The van der Waals surface area contributed by atoms with Gasteiger partial charge in [0, 0.05) is 46.4 Å². The first-order valence-electron chi connectivity index (χ1n) is 8.93. The maximum Gasteiger partial charge on any atom is 0.243 e. The van der Waals surface area contributed by atoms with Gasteiger partial charge in [0.2, 0.25) is 20.0 Å². The van der Waals surface area contributed by atoms with Crippen LogP contribution in [0.15, 0.2) is 23.1 Å². The Labute approximate surface area is 162 Å². The van der Waals surface area contributed by atoms with E-state index in [4.69, 9.17) is 4.74 Å². The van der Waals surface area contributed by atoms with Gasteiger partial charge in [-0.15, -0.1) is 0 Å². The summed E-state index contributed by atoms with van der Waals surface area (Å²) >= 11 is 0. The van der Waals surface area contributed by atoms with Gasteiger partial charge >= 0.3 is 0 Å². The van der Waals surface area contributed by atoms with Crippen LogP contribution in [0.2, 0.25) is 0 Å². The molecule has 1 aliphatic heterocycles. The molecule has 1 N–H and O–H groups in total. The van der Waals surface area contributed by atoms with Gasteiger partial charge in [-0.1, -0.05) is 12.1 Å². The van der Waals surface area contributed by atoms with Crippen molar-refractivity contribution < 1.29 is 21.6 Å². The summed E-state index contributed by atoms with van der Waals surface area (Å²) in [5, 5.41) is 3.11. The normalized spacial score (nSPS) is 16.7. The molecule has 8 nitrogen and oxygen atoms in total. The lowest BCUT2D eigenvalue weighted by atomic mass is 10.2. The summed E-state index contributed by atoms with van der Waals surface area (Å²) in [6.07, 6.45) is 0. The van der Waals surface area contributed by atoms with E-state index in [0.717, 1.165) is 5.56 Å². The maximum absolute atomic E-state index is 13.2. The molecule has 0 aromatic heterocycles. The van der Waals surface area contributed by atoms with Gasteiger partial charge < -0.3 is 10.1 Å². The average molecular weight is 420 g/mol. The predicted molar refractivity (Wildman–Crippen MR) is 105 cm³/mol. The molecule has 0 bridgehead atoms. The Bertz CT molecular complexity index is 834. The second kappa shape index (κ2) is 9.44. The first-order valence-corrected chi connectivity index (χ1v) is 12.0. The zero-order valence-corrected chi connectivity index (χ0v) is 17.8. The molecule has 0 saturated carbocycles. The van der Waals surface area contributed by atoms with Crippen LogP contribution in [0.1, 0.15) is 11.1 Å². The molecule has 0 unspecified atom stereocenters. The Morgan fingerprint density at radius 2 is 1.78 bits per heavy atom. The molecule has 2 rings (SSSR count). The lowest BCUT2D eigenvalue weighted by Gasteiger charge is -2.28. The van der Waals surface area contributed by atoms with Gasteiger partial charge in [-0.3, -0.25) is 0 Å². The van der Waals surface area contributed by atoms with Crippen LogP contribution in [0, 0.1) is 13.8 Å². The Balaban J connectivity index is 2.22. The van der Waals surface area contributed by atoms with Gasteiger partial charge in [0.15, 0.2) is 0 Å². The van der Waals surface area contributed by atoms with Crippen molar-refractivity contribution >= 4 is 20.0 Å². The molecule has 1 aliphatic rings. The summed E-state index contributed by atoms with van der Waals surface area (Å²) in [6, 6.07) is 5.23. The third kappa shape index (κ3) is 5.72. The van der Waals surface area contributed by atoms with Crippen molar-refractivity contribution in [2.24, 2.45) is 0 Å². The fourth-order valence-electron chi connectivity index (χ4n) is 2.94. The van der Waals surface area contributed by atoms with Crippen LogP contribution >= 0.6 is 0 Å². The fourth-order valence-corrected chi connectivity index (χ4v) is 6.24. The standard InChI is InChI=1S/C17H29N3O5S2/c1-15-4-5-16(2)17(14-15)27(23,24)20(10-12-25-3)11-13-26(21,22)19-8-6-18-7-9-19/h4-5,14,18H,6-13H2,1-3H3. The van der Waals surface area contributed by atoms with E-state index in [1.165, 1.54) is 15.7 Å². The molecule has 1 aromatic rings. The van der Waals surface area contributed by atoms with Crippen molar-refractivity contribution in [3.63, 3.8) is 0 Å². The predicted octanol–water partition coefficient (Wildman–Crippen LogP) is 0.176. The first kappa shape index (κ1) is 22.3. The molecule has 0 aliphatic carbocycles. The van der Waals surface area contributed by atoms with Crippen molar-refractivity contribution in [2.75, 3.05) is 58.7 Å².